The maximum atomic E-state index is 13.3. The molecule has 1 aliphatic heterocycles. The van der Waals surface area contributed by atoms with Crippen LogP contribution in [0.5, 0.6) is 0 Å². The summed E-state index contributed by atoms with van der Waals surface area (Å²) >= 11 is 6.66. The van der Waals surface area contributed by atoms with E-state index in [1.165, 1.54) is 28.8 Å². The lowest BCUT2D eigenvalue weighted by Crippen LogP contribution is -2.27. The van der Waals surface area contributed by atoms with Crippen molar-refractivity contribution >= 4 is 51.9 Å². The van der Waals surface area contributed by atoms with E-state index < -0.39 is 5.97 Å². The van der Waals surface area contributed by atoms with E-state index in [1.807, 2.05) is 48.7 Å². The van der Waals surface area contributed by atoms with Crippen molar-refractivity contribution in [3.05, 3.63) is 101 Å². The number of carbonyl (C=O) groups excluding carboxylic acids is 1. The van der Waals surface area contributed by atoms with Crippen molar-refractivity contribution < 1.29 is 14.7 Å². The van der Waals surface area contributed by atoms with Gasteiger partial charge in [-0.25, -0.2) is 9.48 Å². The van der Waals surface area contributed by atoms with Crippen LogP contribution in [0.25, 0.3) is 23.0 Å². The SMILES string of the molecule is O=C(O)c1ccc(N2C(=O)/C(=C/c3cn(-c4ccccc4)nc3-c3cccnc3)SC2=S)cc1. The van der Waals surface area contributed by atoms with Crippen molar-refractivity contribution in [3.8, 4) is 16.9 Å². The largest absolute Gasteiger partial charge is 0.478 e. The summed E-state index contributed by atoms with van der Waals surface area (Å²) in [6.07, 6.45) is 7.06. The number of thiocarbonyl (C=S) groups is 1. The second-order valence-corrected chi connectivity index (χ2v) is 9.00. The minimum absolute atomic E-state index is 0.138. The van der Waals surface area contributed by atoms with Gasteiger partial charge >= 0.3 is 5.97 Å². The lowest BCUT2D eigenvalue weighted by Gasteiger charge is -2.14. The smallest absolute Gasteiger partial charge is 0.335 e. The highest BCUT2D eigenvalue weighted by Gasteiger charge is 2.33. The van der Waals surface area contributed by atoms with E-state index in [0.29, 0.717) is 20.6 Å². The summed E-state index contributed by atoms with van der Waals surface area (Å²) in [6, 6.07) is 19.5. The fraction of sp³-hybridized carbons (Fsp3) is 0. The van der Waals surface area contributed by atoms with Crippen molar-refractivity contribution in [2.45, 2.75) is 0 Å². The highest BCUT2D eigenvalue weighted by atomic mass is 32.2. The van der Waals surface area contributed by atoms with E-state index >= 15 is 0 Å². The minimum atomic E-state index is -1.03. The first-order chi connectivity index (χ1) is 16.5. The fourth-order valence-electron chi connectivity index (χ4n) is 3.52. The third kappa shape index (κ3) is 4.14. The number of nitrogens with zero attached hydrogens (tertiary/aromatic N) is 4. The molecule has 0 saturated carbocycles. The van der Waals surface area contributed by atoms with E-state index in [1.54, 1.807) is 35.3 Å². The van der Waals surface area contributed by atoms with Gasteiger partial charge in [0.05, 0.1) is 21.8 Å². The zero-order valence-corrected chi connectivity index (χ0v) is 19.2. The molecule has 166 valence electrons. The number of carboxylic acids is 1. The number of aromatic nitrogens is 3. The maximum absolute atomic E-state index is 13.3. The second kappa shape index (κ2) is 9.05. The first-order valence-corrected chi connectivity index (χ1v) is 11.4. The first-order valence-electron chi connectivity index (χ1n) is 10.2. The van der Waals surface area contributed by atoms with E-state index in [9.17, 15) is 9.59 Å². The predicted molar refractivity (Wildman–Crippen MR) is 136 cm³/mol. The van der Waals surface area contributed by atoms with Crippen molar-refractivity contribution in [1.29, 1.82) is 0 Å². The number of rotatable bonds is 5. The van der Waals surface area contributed by atoms with Crippen molar-refractivity contribution in [2.24, 2.45) is 0 Å². The number of hydrogen-bond donors (Lipinski definition) is 1. The number of carboxylic acid groups (broad SMARTS) is 1. The molecular formula is C25H16N4O3S2. The molecule has 34 heavy (non-hydrogen) atoms. The molecule has 0 bridgehead atoms. The summed E-state index contributed by atoms with van der Waals surface area (Å²) in [5.41, 5.74) is 3.80. The van der Waals surface area contributed by atoms with Crippen LogP contribution in [0.4, 0.5) is 5.69 Å². The minimum Gasteiger partial charge on any atom is -0.478 e. The molecule has 2 aromatic heterocycles. The van der Waals surface area contributed by atoms with Gasteiger partial charge in [-0.3, -0.25) is 14.7 Å². The molecule has 9 heteroatoms. The van der Waals surface area contributed by atoms with Crippen LogP contribution < -0.4 is 4.90 Å². The Hall–Kier alpha value is -4.08. The van der Waals surface area contributed by atoms with Gasteiger partial charge in [-0.1, -0.05) is 42.2 Å². The van der Waals surface area contributed by atoms with Gasteiger partial charge in [0.25, 0.3) is 5.91 Å². The Morgan fingerprint density at radius 2 is 1.76 bits per heavy atom. The molecule has 0 radical (unpaired) electrons. The van der Waals surface area contributed by atoms with E-state index in [4.69, 9.17) is 22.4 Å². The molecule has 5 rings (SSSR count). The molecule has 0 unspecified atom stereocenters. The Balaban J connectivity index is 1.54. The molecule has 1 amide bonds. The van der Waals surface area contributed by atoms with Gasteiger partial charge in [-0.05, 0) is 54.6 Å². The Morgan fingerprint density at radius 1 is 1.00 bits per heavy atom. The average molecular weight is 485 g/mol. The van der Waals surface area contributed by atoms with Crippen LogP contribution in [0.3, 0.4) is 0 Å². The Morgan fingerprint density at radius 3 is 2.44 bits per heavy atom. The highest BCUT2D eigenvalue weighted by molar-refractivity contribution is 8.27. The summed E-state index contributed by atoms with van der Waals surface area (Å²) in [6.45, 7) is 0. The van der Waals surface area contributed by atoms with Crippen LogP contribution in [-0.4, -0.2) is 36.1 Å². The number of anilines is 1. The third-order valence-electron chi connectivity index (χ3n) is 5.15. The summed E-state index contributed by atoms with van der Waals surface area (Å²) in [7, 11) is 0. The Bertz CT molecular complexity index is 1430. The second-order valence-electron chi connectivity index (χ2n) is 7.32. The molecule has 0 spiro atoms. The van der Waals surface area contributed by atoms with Crippen LogP contribution >= 0.6 is 24.0 Å². The quantitative estimate of drug-likeness (QED) is 0.314. The van der Waals surface area contributed by atoms with Crippen LogP contribution in [0, 0.1) is 0 Å². The normalized spacial score (nSPS) is 14.7. The number of aromatic carboxylic acids is 1. The zero-order valence-electron chi connectivity index (χ0n) is 17.5. The molecule has 0 aliphatic carbocycles. The van der Waals surface area contributed by atoms with Gasteiger partial charge in [0.15, 0.2) is 4.32 Å². The van der Waals surface area contributed by atoms with Gasteiger partial charge < -0.3 is 5.11 Å². The highest BCUT2D eigenvalue weighted by Crippen LogP contribution is 2.37. The van der Waals surface area contributed by atoms with E-state index in [-0.39, 0.29) is 11.5 Å². The summed E-state index contributed by atoms with van der Waals surface area (Å²) in [4.78, 5) is 30.5. The molecule has 4 aromatic rings. The number of hydrogen-bond acceptors (Lipinski definition) is 6. The molecule has 0 atom stereocenters. The van der Waals surface area contributed by atoms with Crippen LogP contribution in [-0.2, 0) is 4.79 Å². The van der Waals surface area contributed by atoms with Gasteiger partial charge in [0.1, 0.15) is 5.69 Å². The number of pyridine rings is 1. The van der Waals surface area contributed by atoms with Crippen molar-refractivity contribution in [1.82, 2.24) is 14.8 Å². The van der Waals surface area contributed by atoms with E-state index in [0.717, 1.165) is 16.8 Å². The summed E-state index contributed by atoms with van der Waals surface area (Å²) < 4.78 is 2.14. The first kappa shape index (κ1) is 21.7. The molecule has 2 aromatic carbocycles. The van der Waals surface area contributed by atoms with Gasteiger partial charge in [0, 0.05) is 29.7 Å². The Kier molecular flexibility index (Phi) is 5.79. The fourth-order valence-corrected chi connectivity index (χ4v) is 4.81. The molecule has 1 aliphatic rings. The van der Waals surface area contributed by atoms with Crippen LogP contribution in [0.15, 0.2) is 90.2 Å². The summed E-state index contributed by atoms with van der Waals surface area (Å²) in [5, 5.41) is 13.9. The number of carbonyl (C=O) groups is 2. The van der Waals surface area contributed by atoms with Gasteiger partial charge in [0.2, 0.25) is 0 Å². The maximum Gasteiger partial charge on any atom is 0.335 e. The van der Waals surface area contributed by atoms with Crippen molar-refractivity contribution in [3.63, 3.8) is 0 Å². The molecular weight excluding hydrogens is 468 g/mol. The molecule has 1 N–H and O–H groups in total. The lowest BCUT2D eigenvalue weighted by atomic mass is 10.1. The summed E-state index contributed by atoms with van der Waals surface area (Å²) in [5.74, 6) is -1.31. The van der Waals surface area contributed by atoms with Crippen molar-refractivity contribution in [2.75, 3.05) is 4.90 Å². The molecule has 1 saturated heterocycles. The number of para-hydroxylation sites is 1. The molecule has 3 heterocycles. The van der Waals surface area contributed by atoms with Crippen LogP contribution in [0.2, 0.25) is 0 Å². The number of benzene rings is 2. The Labute approximate surface area is 204 Å². The van der Waals surface area contributed by atoms with Gasteiger partial charge in [-0.15, -0.1) is 0 Å². The third-order valence-corrected chi connectivity index (χ3v) is 6.45. The molecule has 1 fully saturated rings. The van der Waals surface area contributed by atoms with Gasteiger partial charge in [-0.2, -0.15) is 5.10 Å². The average Bonchev–Trinajstić information content (AvgIpc) is 3.41. The zero-order chi connectivity index (χ0) is 23.7. The van der Waals surface area contributed by atoms with E-state index in [2.05, 4.69) is 4.98 Å². The standard InChI is InChI=1S/C25H16N4O3S2/c30-23-21(34-25(33)29(23)20-10-8-16(9-11-20)24(31)32)13-18-15-28(19-6-2-1-3-7-19)27-22(18)17-5-4-12-26-14-17/h1-15H,(H,31,32)/b21-13-. The number of amides is 1. The molecule has 7 nitrogen and oxygen atoms in total. The lowest BCUT2D eigenvalue weighted by molar-refractivity contribution is -0.113. The topological polar surface area (TPSA) is 88.3 Å². The number of thioether (sulfide) groups is 1. The monoisotopic (exact) mass is 484 g/mol. The predicted octanol–water partition coefficient (Wildman–Crippen LogP) is 5.04. The van der Waals surface area contributed by atoms with Crippen LogP contribution in [0.1, 0.15) is 15.9 Å².